The molecule has 6 heteroatoms. The van der Waals surface area contributed by atoms with Crippen LogP contribution in [0.3, 0.4) is 0 Å². The van der Waals surface area contributed by atoms with Crippen LogP contribution in [0.5, 0.6) is 0 Å². The van der Waals surface area contributed by atoms with Crippen LogP contribution in [0, 0.1) is 0 Å². The van der Waals surface area contributed by atoms with Gasteiger partial charge in [-0.25, -0.2) is 4.68 Å². The van der Waals surface area contributed by atoms with Crippen LogP contribution < -0.4 is 10.9 Å². The third-order valence-electron chi connectivity index (χ3n) is 3.57. The average molecular weight is 273 g/mol. The van der Waals surface area contributed by atoms with Crippen LogP contribution in [0.15, 0.2) is 33.9 Å². The third kappa shape index (κ3) is 2.36. The number of fused-ring (bicyclic) bond motifs is 1. The molecule has 0 bridgehead atoms. The van der Waals surface area contributed by atoms with E-state index in [4.69, 9.17) is 4.42 Å². The van der Waals surface area contributed by atoms with Crippen molar-refractivity contribution in [1.29, 1.82) is 0 Å². The molecule has 104 valence electrons. The third-order valence-corrected chi connectivity index (χ3v) is 3.57. The second kappa shape index (κ2) is 4.96. The molecule has 0 radical (unpaired) electrons. The van der Waals surface area contributed by atoms with Gasteiger partial charge in [-0.1, -0.05) is 0 Å². The quantitative estimate of drug-likeness (QED) is 0.872. The summed E-state index contributed by atoms with van der Waals surface area (Å²) in [5.41, 5.74) is 2.27. The Hall–Kier alpha value is -2.37. The second-order valence-corrected chi connectivity index (χ2v) is 5.00. The predicted molar refractivity (Wildman–Crippen MR) is 71.5 cm³/mol. The standard InChI is InChI=1S/C14H15N3O3/c1-17-13(18)7-10-6-11(2-3-12(10)16-17)15-14(19)9-4-5-20-8-9/h4-5,7-8,11H,2-3,6H2,1H3,(H,15,19). The minimum Gasteiger partial charge on any atom is -0.472 e. The average Bonchev–Trinajstić information content (AvgIpc) is 2.94. The van der Waals surface area contributed by atoms with Crippen molar-refractivity contribution in [3.8, 4) is 0 Å². The molecular formula is C14H15N3O3. The number of carbonyl (C=O) groups is 1. The lowest BCUT2D eigenvalue weighted by Crippen LogP contribution is -2.40. The molecular weight excluding hydrogens is 258 g/mol. The first-order valence-electron chi connectivity index (χ1n) is 6.52. The van der Waals surface area contributed by atoms with Crippen LogP contribution in [0.25, 0.3) is 0 Å². The highest BCUT2D eigenvalue weighted by atomic mass is 16.3. The number of amides is 1. The molecule has 1 aliphatic rings. The van der Waals surface area contributed by atoms with Gasteiger partial charge in [0.1, 0.15) is 6.26 Å². The van der Waals surface area contributed by atoms with Gasteiger partial charge in [0.05, 0.1) is 17.5 Å². The van der Waals surface area contributed by atoms with E-state index in [0.29, 0.717) is 12.0 Å². The van der Waals surface area contributed by atoms with Crippen molar-refractivity contribution >= 4 is 5.91 Å². The van der Waals surface area contributed by atoms with E-state index in [0.717, 1.165) is 24.1 Å². The maximum atomic E-state index is 12.0. The lowest BCUT2D eigenvalue weighted by molar-refractivity contribution is 0.0933. The molecule has 2 heterocycles. The molecule has 0 fully saturated rings. The van der Waals surface area contributed by atoms with E-state index in [-0.39, 0.29) is 17.5 Å². The first kappa shape index (κ1) is 12.7. The molecule has 1 atom stereocenters. The molecule has 0 saturated heterocycles. The number of aryl methyl sites for hydroxylation is 2. The van der Waals surface area contributed by atoms with Crippen LogP contribution in [0.2, 0.25) is 0 Å². The van der Waals surface area contributed by atoms with Gasteiger partial charge in [-0.15, -0.1) is 0 Å². The molecule has 2 aromatic rings. The van der Waals surface area contributed by atoms with Crippen LogP contribution in [0.4, 0.5) is 0 Å². The van der Waals surface area contributed by atoms with Gasteiger partial charge in [0.2, 0.25) is 0 Å². The number of aromatic nitrogens is 2. The Kier molecular flexibility index (Phi) is 3.14. The van der Waals surface area contributed by atoms with Crippen molar-refractivity contribution in [3.63, 3.8) is 0 Å². The summed E-state index contributed by atoms with van der Waals surface area (Å²) in [4.78, 5) is 23.6. The molecule has 1 N–H and O–H groups in total. The summed E-state index contributed by atoms with van der Waals surface area (Å²) in [6.07, 6.45) is 5.12. The van der Waals surface area contributed by atoms with E-state index in [9.17, 15) is 9.59 Å². The Labute approximate surface area is 115 Å². The molecule has 1 amide bonds. The summed E-state index contributed by atoms with van der Waals surface area (Å²) in [7, 11) is 1.65. The lowest BCUT2D eigenvalue weighted by atomic mass is 9.92. The highest BCUT2D eigenvalue weighted by Gasteiger charge is 2.22. The number of nitrogens with zero attached hydrogens (tertiary/aromatic N) is 2. The minimum atomic E-state index is -0.149. The SMILES string of the molecule is Cn1nc2c(cc1=O)CC(NC(=O)c1ccoc1)CC2. The fourth-order valence-electron chi connectivity index (χ4n) is 2.47. The number of hydrogen-bond donors (Lipinski definition) is 1. The summed E-state index contributed by atoms with van der Waals surface area (Å²) in [5.74, 6) is -0.149. The normalized spacial score (nSPS) is 17.6. The number of furan rings is 1. The summed E-state index contributed by atoms with van der Waals surface area (Å²) in [5, 5.41) is 7.21. The highest BCUT2D eigenvalue weighted by Crippen LogP contribution is 2.18. The highest BCUT2D eigenvalue weighted by molar-refractivity contribution is 5.93. The molecule has 3 rings (SSSR count). The van der Waals surface area contributed by atoms with Crippen molar-refractivity contribution in [2.75, 3.05) is 0 Å². The largest absolute Gasteiger partial charge is 0.472 e. The van der Waals surface area contributed by atoms with E-state index >= 15 is 0 Å². The number of rotatable bonds is 2. The van der Waals surface area contributed by atoms with Gasteiger partial charge in [0.25, 0.3) is 11.5 Å². The maximum absolute atomic E-state index is 12.0. The molecule has 0 aromatic carbocycles. The van der Waals surface area contributed by atoms with Crippen LogP contribution in [-0.2, 0) is 19.9 Å². The summed E-state index contributed by atoms with van der Waals surface area (Å²) in [6.45, 7) is 0. The zero-order chi connectivity index (χ0) is 14.1. The summed E-state index contributed by atoms with van der Waals surface area (Å²) < 4.78 is 6.25. The van der Waals surface area contributed by atoms with E-state index in [1.807, 2.05) is 0 Å². The van der Waals surface area contributed by atoms with Crippen LogP contribution in [-0.4, -0.2) is 21.7 Å². The Morgan fingerprint density at radius 3 is 3.15 bits per heavy atom. The Balaban J connectivity index is 1.74. The Morgan fingerprint density at radius 1 is 1.55 bits per heavy atom. The van der Waals surface area contributed by atoms with Crippen molar-refractivity contribution in [2.24, 2.45) is 7.05 Å². The van der Waals surface area contributed by atoms with Crippen molar-refractivity contribution in [3.05, 3.63) is 51.8 Å². The first-order chi connectivity index (χ1) is 9.63. The molecule has 2 aromatic heterocycles. The van der Waals surface area contributed by atoms with Gasteiger partial charge in [-0.2, -0.15) is 5.10 Å². The maximum Gasteiger partial charge on any atom is 0.266 e. The fraction of sp³-hybridized carbons (Fsp3) is 0.357. The molecule has 1 aliphatic carbocycles. The second-order valence-electron chi connectivity index (χ2n) is 5.00. The van der Waals surface area contributed by atoms with Gasteiger partial charge in [-0.3, -0.25) is 9.59 Å². The smallest absolute Gasteiger partial charge is 0.266 e. The van der Waals surface area contributed by atoms with Crippen LogP contribution in [0.1, 0.15) is 28.0 Å². The fourth-order valence-corrected chi connectivity index (χ4v) is 2.47. The monoisotopic (exact) mass is 273 g/mol. The topological polar surface area (TPSA) is 77.1 Å². The van der Waals surface area contributed by atoms with Crippen molar-refractivity contribution in [2.45, 2.75) is 25.3 Å². The van der Waals surface area contributed by atoms with Crippen LogP contribution >= 0.6 is 0 Å². The molecule has 0 aliphatic heterocycles. The predicted octanol–water partition coefficient (Wildman–Crippen LogP) is 0.661. The molecule has 20 heavy (non-hydrogen) atoms. The first-order valence-corrected chi connectivity index (χ1v) is 6.52. The van der Waals surface area contributed by atoms with E-state index in [2.05, 4.69) is 10.4 Å². The zero-order valence-corrected chi connectivity index (χ0v) is 11.1. The molecule has 1 unspecified atom stereocenters. The molecule has 0 spiro atoms. The summed E-state index contributed by atoms with van der Waals surface area (Å²) >= 11 is 0. The summed E-state index contributed by atoms with van der Waals surface area (Å²) in [6, 6.07) is 3.26. The number of carbonyl (C=O) groups excluding carboxylic acids is 1. The number of hydrogen-bond acceptors (Lipinski definition) is 4. The van der Waals surface area contributed by atoms with Gasteiger partial charge >= 0.3 is 0 Å². The minimum absolute atomic E-state index is 0.0267. The van der Waals surface area contributed by atoms with Gasteiger partial charge in [-0.05, 0) is 30.9 Å². The lowest BCUT2D eigenvalue weighted by Gasteiger charge is -2.24. The molecule has 6 nitrogen and oxygen atoms in total. The van der Waals surface area contributed by atoms with Gasteiger partial charge in [0.15, 0.2) is 0 Å². The number of nitrogens with one attached hydrogen (secondary N) is 1. The van der Waals surface area contributed by atoms with Crippen molar-refractivity contribution < 1.29 is 9.21 Å². The van der Waals surface area contributed by atoms with Crippen molar-refractivity contribution in [1.82, 2.24) is 15.1 Å². The molecule has 0 saturated carbocycles. The van der Waals surface area contributed by atoms with E-state index in [1.54, 1.807) is 19.2 Å². The van der Waals surface area contributed by atoms with Gasteiger partial charge in [0, 0.05) is 19.2 Å². The van der Waals surface area contributed by atoms with E-state index in [1.165, 1.54) is 17.2 Å². The Bertz CT molecular complexity index is 688. The van der Waals surface area contributed by atoms with Gasteiger partial charge < -0.3 is 9.73 Å². The van der Waals surface area contributed by atoms with E-state index < -0.39 is 0 Å². The Morgan fingerprint density at radius 2 is 2.40 bits per heavy atom. The zero-order valence-electron chi connectivity index (χ0n) is 11.1.